The van der Waals surface area contributed by atoms with Gasteiger partial charge in [0.25, 0.3) is 0 Å². The van der Waals surface area contributed by atoms with Gasteiger partial charge in [0.05, 0.1) is 6.61 Å². The third-order valence-electron chi connectivity index (χ3n) is 5.39. The first kappa shape index (κ1) is 23.6. The first-order chi connectivity index (χ1) is 15.5. The van der Waals surface area contributed by atoms with Crippen LogP contribution in [0.15, 0.2) is 54.6 Å². The van der Waals surface area contributed by atoms with Crippen LogP contribution in [0.2, 0.25) is 0 Å². The number of aryl methyl sites for hydroxylation is 1. The molecule has 0 spiro atoms. The van der Waals surface area contributed by atoms with Gasteiger partial charge in [0.2, 0.25) is 5.82 Å². The van der Waals surface area contributed by atoms with Crippen molar-refractivity contribution >= 4 is 12.2 Å². The third kappa shape index (κ3) is 6.25. The van der Waals surface area contributed by atoms with Crippen molar-refractivity contribution in [3.05, 3.63) is 88.7 Å². The summed E-state index contributed by atoms with van der Waals surface area (Å²) in [6.07, 6.45) is 8.78. The molecule has 0 aliphatic carbocycles. The molecule has 3 rings (SSSR count). The molecule has 1 nitrogen and oxygen atoms in total. The lowest BCUT2D eigenvalue weighted by atomic mass is 10.0. The summed E-state index contributed by atoms with van der Waals surface area (Å²) in [4.78, 5) is 0. The number of hydrogen-bond acceptors (Lipinski definition) is 1. The summed E-state index contributed by atoms with van der Waals surface area (Å²) in [5.74, 6) is -2.21. The van der Waals surface area contributed by atoms with E-state index in [9.17, 15) is 13.2 Å². The molecule has 0 amide bonds. The van der Waals surface area contributed by atoms with E-state index in [1.165, 1.54) is 24.6 Å². The minimum absolute atomic E-state index is 0.0542. The molecule has 0 N–H and O–H groups in total. The number of hydrogen-bond donors (Lipinski definition) is 0. The Hall–Kier alpha value is -3.01. The Balaban J connectivity index is 1.66. The predicted octanol–water partition coefficient (Wildman–Crippen LogP) is 8.60. The van der Waals surface area contributed by atoms with Gasteiger partial charge in [0, 0.05) is 11.1 Å². The van der Waals surface area contributed by atoms with Crippen LogP contribution in [0.3, 0.4) is 0 Å². The molecule has 0 saturated carbocycles. The van der Waals surface area contributed by atoms with Crippen LogP contribution < -0.4 is 4.74 Å². The van der Waals surface area contributed by atoms with Crippen molar-refractivity contribution in [3.8, 4) is 16.9 Å². The van der Waals surface area contributed by atoms with Crippen molar-refractivity contribution in [1.29, 1.82) is 0 Å². The van der Waals surface area contributed by atoms with Gasteiger partial charge in [-0.3, -0.25) is 0 Å². The van der Waals surface area contributed by atoms with Gasteiger partial charge in [-0.2, -0.15) is 4.39 Å². The molecule has 0 aromatic heterocycles. The van der Waals surface area contributed by atoms with E-state index in [1.807, 2.05) is 13.0 Å². The first-order valence-electron chi connectivity index (χ1n) is 11.1. The normalized spacial score (nSPS) is 11.3. The zero-order chi connectivity index (χ0) is 22.9. The zero-order valence-electron chi connectivity index (χ0n) is 18.6. The van der Waals surface area contributed by atoms with E-state index in [0.717, 1.165) is 36.8 Å². The van der Waals surface area contributed by atoms with Crippen molar-refractivity contribution in [2.75, 3.05) is 6.61 Å². The summed E-state index contributed by atoms with van der Waals surface area (Å²) >= 11 is 0. The molecule has 0 unspecified atom stereocenters. The fraction of sp³-hybridized carbons (Fsp3) is 0.286. The monoisotopic (exact) mass is 438 g/mol. The predicted molar refractivity (Wildman–Crippen MR) is 126 cm³/mol. The molecule has 168 valence electrons. The standard InChI is InChI=1S/C28H29F3O/c1-3-4-5-6-7-18-32-26-17-16-24(27(30)28(26)31)22-13-9-21(10-14-22)11-15-23-12-8-20(2)19-25(23)29/h8-17,19H,3-7,18H2,1-2H3/b15-11+. The highest BCUT2D eigenvalue weighted by molar-refractivity contribution is 5.72. The second-order valence-corrected chi connectivity index (χ2v) is 7.98. The molecule has 32 heavy (non-hydrogen) atoms. The average molecular weight is 439 g/mol. The molecule has 0 radical (unpaired) electrons. The smallest absolute Gasteiger partial charge is 0.201 e. The van der Waals surface area contributed by atoms with Gasteiger partial charge in [0.15, 0.2) is 11.6 Å². The number of halogens is 3. The Kier molecular flexibility index (Phi) is 8.55. The summed E-state index contributed by atoms with van der Waals surface area (Å²) in [6, 6.07) is 15.1. The highest BCUT2D eigenvalue weighted by Crippen LogP contribution is 2.30. The Bertz CT molecular complexity index is 1060. The van der Waals surface area contributed by atoms with Gasteiger partial charge >= 0.3 is 0 Å². The van der Waals surface area contributed by atoms with Gasteiger partial charge < -0.3 is 4.74 Å². The van der Waals surface area contributed by atoms with Gasteiger partial charge in [-0.05, 0) is 48.2 Å². The van der Waals surface area contributed by atoms with Gasteiger partial charge in [-0.1, -0.05) is 81.2 Å². The van der Waals surface area contributed by atoms with Crippen molar-refractivity contribution in [2.45, 2.75) is 46.0 Å². The second-order valence-electron chi connectivity index (χ2n) is 7.98. The average Bonchev–Trinajstić information content (AvgIpc) is 2.79. The highest BCUT2D eigenvalue weighted by Gasteiger charge is 2.15. The number of benzene rings is 3. The maximum Gasteiger partial charge on any atom is 0.201 e. The highest BCUT2D eigenvalue weighted by atomic mass is 19.2. The van der Waals surface area contributed by atoms with Crippen LogP contribution in [0.4, 0.5) is 13.2 Å². The molecular weight excluding hydrogens is 409 g/mol. The Labute approximate surface area is 188 Å². The van der Waals surface area contributed by atoms with Crippen LogP contribution in [0, 0.1) is 24.4 Å². The summed E-state index contributed by atoms with van der Waals surface area (Å²) in [7, 11) is 0. The summed E-state index contributed by atoms with van der Waals surface area (Å²) in [6.45, 7) is 4.36. The molecule has 0 atom stereocenters. The quantitative estimate of drug-likeness (QED) is 0.227. The fourth-order valence-electron chi connectivity index (χ4n) is 3.48. The minimum Gasteiger partial charge on any atom is -0.490 e. The molecule has 0 aliphatic heterocycles. The molecule has 0 aliphatic rings. The van der Waals surface area contributed by atoms with Crippen molar-refractivity contribution < 1.29 is 17.9 Å². The van der Waals surface area contributed by atoms with Crippen LogP contribution >= 0.6 is 0 Å². The van der Waals surface area contributed by atoms with Gasteiger partial charge in [0.1, 0.15) is 5.82 Å². The van der Waals surface area contributed by atoms with Gasteiger partial charge in [-0.25, -0.2) is 8.78 Å². The largest absolute Gasteiger partial charge is 0.490 e. The Morgan fingerprint density at radius 3 is 2.25 bits per heavy atom. The van der Waals surface area contributed by atoms with Crippen molar-refractivity contribution in [3.63, 3.8) is 0 Å². The van der Waals surface area contributed by atoms with Crippen LogP contribution in [0.1, 0.15) is 55.7 Å². The lowest BCUT2D eigenvalue weighted by Crippen LogP contribution is -2.01. The number of unbranched alkanes of at least 4 members (excludes halogenated alkanes) is 4. The van der Waals surface area contributed by atoms with E-state index in [0.29, 0.717) is 17.7 Å². The van der Waals surface area contributed by atoms with Crippen LogP contribution in [-0.4, -0.2) is 6.61 Å². The molecule has 0 fully saturated rings. The van der Waals surface area contributed by atoms with E-state index in [1.54, 1.807) is 42.5 Å². The lowest BCUT2D eigenvalue weighted by Gasteiger charge is -2.11. The molecule has 0 saturated heterocycles. The van der Waals surface area contributed by atoms with E-state index >= 15 is 0 Å². The first-order valence-corrected chi connectivity index (χ1v) is 11.1. The second kappa shape index (κ2) is 11.6. The maximum absolute atomic E-state index is 14.7. The molecule has 0 bridgehead atoms. The van der Waals surface area contributed by atoms with E-state index in [-0.39, 0.29) is 17.1 Å². The van der Waals surface area contributed by atoms with Gasteiger partial charge in [-0.15, -0.1) is 0 Å². The van der Waals surface area contributed by atoms with Crippen molar-refractivity contribution in [2.24, 2.45) is 0 Å². The van der Waals surface area contributed by atoms with Crippen LogP contribution in [-0.2, 0) is 0 Å². The summed E-state index contributed by atoms with van der Waals surface area (Å²) < 4.78 is 48.6. The van der Waals surface area contributed by atoms with Crippen LogP contribution in [0.25, 0.3) is 23.3 Å². The molecule has 3 aromatic rings. The zero-order valence-corrected chi connectivity index (χ0v) is 18.6. The molecular formula is C28H29F3O. The molecule has 0 heterocycles. The SMILES string of the molecule is CCCCCCCOc1ccc(-c2ccc(/C=C/c3ccc(C)cc3F)cc2)c(F)c1F. The fourth-order valence-corrected chi connectivity index (χ4v) is 3.48. The summed E-state index contributed by atoms with van der Waals surface area (Å²) in [5.41, 5.74) is 2.93. The number of rotatable bonds is 10. The minimum atomic E-state index is -0.963. The van der Waals surface area contributed by atoms with E-state index in [4.69, 9.17) is 4.74 Å². The topological polar surface area (TPSA) is 9.23 Å². The lowest BCUT2D eigenvalue weighted by molar-refractivity contribution is 0.285. The van der Waals surface area contributed by atoms with E-state index < -0.39 is 11.6 Å². The molecule has 4 heteroatoms. The van der Waals surface area contributed by atoms with E-state index in [2.05, 4.69) is 6.92 Å². The van der Waals surface area contributed by atoms with Crippen molar-refractivity contribution in [1.82, 2.24) is 0 Å². The summed E-state index contributed by atoms with van der Waals surface area (Å²) in [5, 5.41) is 0. The third-order valence-corrected chi connectivity index (χ3v) is 5.39. The Morgan fingerprint density at radius 2 is 1.53 bits per heavy atom. The maximum atomic E-state index is 14.7. The van der Waals surface area contributed by atoms with Crippen LogP contribution in [0.5, 0.6) is 5.75 Å². The Morgan fingerprint density at radius 1 is 0.781 bits per heavy atom. The molecule has 3 aromatic carbocycles. The number of ether oxygens (including phenoxy) is 1.